The molecule has 0 unspecified atom stereocenters. The lowest BCUT2D eigenvalue weighted by Crippen LogP contribution is -2.24. The highest BCUT2D eigenvalue weighted by molar-refractivity contribution is 5.86. The average Bonchev–Trinajstić information content (AvgIpc) is 2.60. The molecule has 0 aliphatic rings. The van der Waals surface area contributed by atoms with Gasteiger partial charge >= 0.3 is 0 Å². The number of aromatic nitrogens is 1. The lowest BCUT2D eigenvalue weighted by Gasteiger charge is -2.17. The van der Waals surface area contributed by atoms with Gasteiger partial charge in [0, 0.05) is 11.6 Å². The summed E-state index contributed by atoms with van der Waals surface area (Å²) in [7, 11) is 0. The molecule has 2 nitrogen and oxygen atoms in total. The zero-order valence-electron chi connectivity index (χ0n) is 10.3. The van der Waals surface area contributed by atoms with Crippen LogP contribution in [-0.4, -0.2) is 10.4 Å². The molecule has 0 spiro atoms. The minimum atomic E-state index is -0.371. The third kappa shape index (κ3) is 2.38. The summed E-state index contributed by atoms with van der Waals surface area (Å²) >= 11 is 0. The molecule has 1 heterocycles. The number of hydrogen-bond acceptors (Lipinski definition) is 1. The van der Waals surface area contributed by atoms with Crippen molar-refractivity contribution in [1.82, 2.24) is 4.57 Å². The molecule has 0 radical (unpaired) electrons. The maximum Gasteiger partial charge on any atom is 0.157 e. The first-order chi connectivity index (χ1) is 7.88. The largest absolute Gasteiger partial charge is 0.340 e. The standard InChI is InChI=1S/C14H16FNO/c1-14(2,3)13(17)9-16-7-6-10-4-5-11(15)8-12(10)16/h4-8H,9H2,1-3H3. The van der Waals surface area contributed by atoms with E-state index in [1.165, 1.54) is 12.1 Å². The molecule has 0 amide bonds. The molecule has 17 heavy (non-hydrogen) atoms. The summed E-state index contributed by atoms with van der Waals surface area (Å²) in [5.74, 6) is -0.139. The van der Waals surface area contributed by atoms with Crippen LogP contribution < -0.4 is 0 Å². The van der Waals surface area contributed by atoms with Crippen molar-refractivity contribution in [2.75, 3.05) is 0 Å². The monoisotopic (exact) mass is 233 g/mol. The highest BCUT2D eigenvalue weighted by Crippen LogP contribution is 2.20. The Morgan fingerprint density at radius 1 is 1.29 bits per heavy atom. The molecule has 0 saturated heterocycles. The first-order valence-corrected chi connectivity index (χ1v) is 5.65. The van der Waals surface area contributed by atoms with Crippen molar-refractivity contribution >= 4 is 16.7 Å². The SMILES string of the molecule is CC(C)(C)C(=O)Cn1ccc2ccc(F)cc21. The molecule has 90 valence electrons. The second-order valence-electron chi connectivity index (χ2n) is 5.32. The van der Waals surface area contributed by atoms with Crippen LogP contribution >= 0.6 is 0 Å². The summed E-state index contributed by atoms with van der Waals surface area (Å²) < 4.78 is 15.0. The van der Waals surface area contributed by atoms with Gasteiger partial charge in [-0.3, -0.25) is 4.79 Å². The summed E-state index contributed by atoms with van der Waals surface area (Å²) in [4.78, 5) is 11.9. The second-order valence-corrected chi connectivity index (χ2v) is 5.32. The number of hydrogen-bond donors (Lipinski definition) is 0. The topological polar surface area (TPSA) is 22.0 Å². The predicted octanol–water partition coefficient (Wildman–Crippen LogP) is 3.40. The fourth-order valence-electron chi connectivity index (χ4n) is 1.69. The molecule has 0 fully saturated rings. The van der Waals surface area contributed by atoms with Crippen molar-refractivity contribution in [3.8, 4) is 0 Å². The van der Waals surface area contributed by atoms with Crippen molar-refractivity contribution in [1.29, 1.82) is 0 Å². The fourth-order valence-corrected chi connectivity index (χ4v) is 1.69. The van der Waals surface area contributed by atoms with Crippen LogP contribution in [0.4, 0.5) is 4.39 Å². The number of halogens is 1. The van der Waals surface area contributed by atoms with E-state index in [4.69, 9.17) is 0 Å². The zero-order chi connectivity index (χ0) is 12.6. The number of rotatable bonds is 2. The van der Waals surface area contributed by atoms with Crippen LogP contribution in [0.15, 0.2) is 30.5 Å². The third-order valence-electron chi connectivity index (χ3n) is 2.89. The van der Waals surface area contributed by atoms with E-state index < -0.39 is 0 Å². The lowest BCUT2D eigenvalue weighted by atomic mass is 9.91. The van der Waals surface area contributed by atoms with E-state index in [0.717, 1.165) is 10.9 Å². The van der Waals surface area contributed by atoms with Gasteiger partial charge in [0.25, 0.3) is 0 Å². The van der Waals surface area contributed by atoms with Crippen LogP contribution in [0.25, 0.3) is 10.9 Å². The van der Waals surface area contributed by atoms with Crippen LogP contribution in [0.3, 0.4) is 0 Å². The minimum absolute atomic E-state index is 0.138. The van der Waals surface area contributed by atoms with E-state index >= 15 is 0 Å². The zero-order valence-corrected chi connectivity index (χ0v) is 10.3. The van der Waals surface area contributed by atoms with Crippen molar-refractivity contribution < 1.29 is 9.18 Å². The number of carbonyl (C=O) groups excluding carboxylic acids is 1. The predicted molar refractivity (Wildman–Crippen MR) is 66.4 cm³/mol. The number of Topliss-reactive ketones (excluding diaryl/α,β-unsaturated/α-hetero) is 1. The van der Waals surface area contributed by atoms with E-state index in [1.807, 2.05) is 33.0 Å². The van der Waals surface area contributed by atoms with Crippen LogP contribution in [0, 0.1) is 11.2 Å². The Labute approximate surface area is 100 Å². The van der Waals surface area contributed by atoms with Gasteiger partial charge in [-0.25, -0.2) is 4.39 Å². The molecule has 3 heteroatoms. The Morgan fingerprint density at radius 2 is 2.00 bits per heavy atom. The number of nitrogens with zero attached hydrogens (tertiary/aromatic N) is 1. The summed E-state index contributed by atoms with van der Waals surface area (Å²) in [6.07, 6.45) is 1.83. The smallest absolute Gasteiger partial charge is 0.157 e. The van der Waals surface area contributed by atoms with Crippen molar-refractivity contribution in [3.63, 3.8) is 0 Å². The van der Waals surface area contributed by atoms with Crippen LogP contribution in [0.5, 0.6) is 0 Å². The minimum Gasteiger partial charge on any atom is -0.340 e. The molecule has 0 bridgehead atoms. The maximum absolute atomic E-state index is 13.2. The average molecular weight is 233 g/mol. The lowest BCUT2D eigenvalue weighted by molar-refractivity contribution is -0.126. The highest BCUT2D eigenvalue weighted by atomic mass is 19.1. The van der Waals surface area contributed by atoms with Gasteiger partial charge < -0.3 is 4.57 Å². The molecule has 1 aromatic heterocycles. The Morgan fingerprint density at radius 3 is 2.65 bits per heavy atom. The Bertz CT molecular complexity index is 563. The quantitative estimate of drug-likeness (QED) is 0.779. The second kappa shape index (κ2) is 3.99. The molecule has 2 rings (SSSR count). The summed E-state index contributed by atoms with van der Waals surface area (Å²) in [5, 5.41) is 0.952. The van der Waals surface area contributed by atoms with Gasteiger partial charge in [-0.1, -0.05) is 20.8 Å². The van der Waals surface area contributed by atoms with Crippen molar-refractivity contribution in [2.24, 2.45) is 5.41 Å². The Balaban J connectivity index is 2.37. The molecular weight excluding hydrogens is 217 g/mol. The van der Waals surface area contributed by atoms with Crippen LogP contribution in [-0.2, 0) is 11.3 Å². The van der Waals surface area contributed by atoms with Gasteiger partial charge in [-0.05, 0) is 29.7 Å². The number of carbonyl (C=O) groups is 1. The normalized spacial score (nSPS) is 12.0. The first-order valence-electron chi connectivity index (χ1n) is 5.65. The van der Waals surface area contributed by atoms with Crippen molar-refractivity contribution in [2.45, 2.75) is 27.3 Å². The van der Waals surface area contributed by atoms with E-state index in [1.54, 1.807) is 10.6 Å². The van der Waals surface area contributed by atoms with Crippen LogP contribution in [0.1, 0.15) is 20.8 Å². The van der Waals surface area contributed by atoms with E-state index in [0.29, 0.717) is 0 Å². The van der Waals surface area contributed by atoms with Gasteiger partial charge in [-0.15, -0.1) is 0 Å². The van der Waals surface area contributed by atoms with E-state index in [-0.39, 0.29) is 23.6 Å². The van der Waals surface area contributed by atoms with Crippen LogP contribution in [0.2, 0.25) is 0 Å². The molecular formula is C14H16FNO. The number of benzene rings is 1. The van der Waals surface area contributed by atoms with Gasteiger partial charge in [0.05, 0.1) is 12.1 Å². The van der Waals surface area contributed by atoms with Gasteiger partial charge in [-0.2, -0.15) is 0 Å². The maximum atomic E-state index is 13.2. The van der Waals surface area contributed by atoms with Gasteiger partial charge in [0.15, 0.2) is 5.78 Å². The number of fused-ring (bicyclic) bond motifs is 1. The highest BCUT2D eigenvalue weighted by Gasteiger charge is 2.21. The summed E-state index contributed by atoms with van der Waals surface area (Å²) in [6.45, 7) is 5.96. The third-order valence-corrected chi connectivity index (χ3v) is 2.89. The molecule has 0 aliphatic carbocycles. The molecule has 0 aliphatic heterocycles. The van der Waals surface area contributed by atoms with E-state index in [9.17, 15) is 9.18 Å². The molecule has 2 aromatic rings. The summed E-state index contributed by atoms with van der Waals surface area (Å²) in [6, 6.07) is 6.51. The molecule has 0 atom stereocenters. The molecule has 0 N–H and O–H groups in total. The Kier molecular flexibility index (Phi) is 2.77. The number of ketones is 1. The fraction of sp³-hybridized carbons (Fsp3) is 0.357. The van der Waals surface area contributed by atoms with Gasteiger partial charge in [0.1, 0.15) is 5.82 Å². The first kappa shape index (κ1) is 11.8. The molecule has 1 aromatic carbocycles. The molecule has 0 saturated carbocycles. The summed E-state index contributed by atoms with van der Waals surface area (Å²) in [5.41, 5.74) is 0.395. The Hall–Kier alpha value is -1.64. The van der Waals surface area contributed by atoms with E-state index in [2.05, 4.69) is 0 Å². The van der Waals surface area contributed by atoms with Gasteiger partial charge in [0.2, 0.25) is 0 Å². The van der Waals surface area contributed by atoms with Crippen molar-refractivity contribution in [3.05, 3.63) is 36.3 Å².